The fraction of sp³-hybridized carbons (Fsp3) is 0.208. The third-order valence-electron chi connectivity index (χ3n) is 5.19. The van der Waals surface area contributed by atoms with Gasteiger partial charge in [-0.2, -0.15) is 5.26 Å². The van der Waals surface area contributed by atoms with E-state index >= 15 is 0 Å². The van der Waals surface area contributed by atoms with E-state index in [-0.39, 0.29) is 5.91 Å². The molecule has 1 amide bonds. The number of benzene rings is 2. The first kappa shape index (κ1) is 19.6. The monoisotopic (exact) mass is 397 g/mol. The topological polar surface area (TPSA) is 72.3 Å². The van der Waals surface area contributed by atoms with E-state index in [0.29, 0.717) is 24.3 Å². The summed E-state index contributed by atoms with van der Waals surface area (Å²) in [6.07, 6.45) is 1.66. The van der Waals surface area contributed by atoms with Crippen molar-refractivity contribution in [1.82, 2.24) is 14.8 Å². The highest BCUT2D eigenvalue weighted by Gasteiger charge is 2.22. The summed E-state index contributed by atoms with van der Waals surface area (Å²) in [5.74, 6) is -0.0284. The summed E-state index contributed by atoms with van der Waals surface area (Å²) >= 11 is 0. The van der Waals surface area contributed by atoms with Crippen LogP contribution in [0.2, 0.25) is 0 Å². The molecule has 0 bridgehead atoms. The van der Waals surface area contributed by atoms with Crippen LogP contribution in [0, 0.1) is 11.3 Å². The number of carbonyl (C=O) groups excluding carboxylic acids is 1. The van der Waals surface area contributed by atoms with Crippen LogP contribution in [0.25, 0.3) is 0 Å². The first-order chi connectivity index (χ1) is 14.7. The lowest BCUT2D eigenvalue weighted by molar-refractivity contribution is 0.0623. The number of piperazine rings is 1. The van der Waals surface area contributed by atoms with Gasteiger partial charge in [0, 0.05) is 38.4 Å². The van der Waals surface area contributed by atoms with Gasteiger partial charge in [-0.05, 0) is 42.0 Å². The van der Waals surface area contributed by atoms with Gasteiger partial charge >= 0.3 is 0 Å². The summed E-state index contributed by atoms with van der Waals surface area (Å²) in [7, 11) is 0. The Morgan fingerprint density at radius 1 is 0.933 bits per heavy atom. The standard InChI is InChI=1S/C24H23N5O/c25-16-19-6-8-21(9-7-19)27-22-10-11-23(26-17-22)24(30)29-14-12-28(13-15-29)18-20-4-2-1-3-5-20/h1-11,17,27H,12-15,18H2. The minimum absolute atomic E-state index is 0.0284. The number of carbonyl (C=O) groups is 1. The molecule has 0 radical (unpaired) electrons. The number of hydrogen-bond donors (Lipinski definition) is 1. The first-order valence-electron chi connectivity index (χ1n) is 10.00. The highest BCUT2D eigenvalue weighted by Crippen LogP contribution is 2.17. The molecule has 1 aromatic heterocycles. The van der Waals surface area contributed by atoms with Gasteiger partial charge in [-0.1, -0.05) is 30.3 Å². The van der Waals surface area contributed by atoms with E-state index in [9.17, 15) is 4.79 Å². The van der Waals surface area contributed by atoms with Crippen molar-refractivity contribution in [2.45, 2.75) is 6.54 Å². The summed E-state index contributed by atoms with van der Waals surface area (Å²) in [4.78, 5) is 21.4. The Hall–Kier alpha value is -3.69. The maximum atomic E-state index is 12.8. The van der Waals surface area contributed by atoms with E-state index in [1.54, 1.807) is 24.4 Å². The van der Waals surface area contributed by atoms with Gasteiger partial charge in [0.2, 0.25) is 0 Å². The lowest BCUT2D eigenvalue weighted by atomic mass is 10.2. The van der Waals surface area contributed by atoms with E-state index in [0.717, 1.165) is 31.0 Å². The Morgan fingerprint density at radius 2 is 1.63 bits per heavy atom. The van der Waals surface area contributed by atoms with Crippen molar-refractivity contribution in [1.29, 1.82) is 5.26 Å². The molecule has 1 fully saturated rings. The summed E-state index contributed by atoms with van der Waals surface area (Å²) < 4.78 is 0. The summed E-state index contributed by atoms with van der Waals surface area (Å²) in [5.41, 5.74) is 4.03. The Labute approximate surface area is 176 Å². The lowest BCUT2D eigenvalue weighted by Crippen LogP contribution is -2.48. The van der Waals surface area contributed by atoms with Crippen LogP contribution in [-0.4, -0.2) is 46.9 Å². The number of nitrogens with one attached hydrogen (secondary N) is 1. The molecule has 6 nitrogen and oxygen atoms in total. The Kier molecular flexibility index (Phi) is 6.02. The van der Waals surface area contributed by atoms with Crippen molar-refractivity contribution in [3.8, 4) is 6.07 Å². The molecular formula is C24H23N5O. The van der Waals surface area contributed by atoms with Crippen LogP contribution in [0.5, 0.6) is 0 Å². The Morgan fingerprint density at radius 3 is 2.27 bits per heavy atom. The largest absolute Gasteiger partial charge is 0.354 e. The van der Waals surface area contributed by atoms with E-state index in [1.807, 2.05) is 29.2 Å². The highest BCUT2D eigenvalue weighted by atomic mass is 16.2. The van der Waals surface area contributed by atoms with Crippen molar-refractivity contribution >= 4 is 17.3 Å². The maximum absolute atomic E-state index is 12.8. The molecule has 30 heavy (non-hydrogen) atoms. The Bertz CT molecular complexity index is 1020. The number of nitrogens with zero attached hydrogens (tertiary/aromatic N) is 4. The molecule has 150 valence electrons. The third-order valence-corrected chi connectivity index (χ3v) is 5.19. The lowest BCUT2D eigenvalue weighted by Gasteiger charge is -2.34. The normalized spacial score (nSPS) is 14.2. The van der Waals surface area contributed by atoms with E-state index < -0.39 is 0 Å². The smallest absolute Gasteiger partial charge is 0.272 e. The van der Waals surface area contributed by atoms with Gasteiger partial charge in [0.15, 0.2) is 0 Å². The molecule has 4 rings (SSSR count). The molecule has 6 heteroatoms. The average molecular weight is 397 g/mol. The zero-order valence-corrected chi connectivity index (χ0v) is 16.7. The number of anilines is 2. The summed E-state index contributed by atoms with van der Waals surface area (Å²) in [6.45, 7) is 4.05. The zero-order chi connectivity index (χ0) is 20.8. The minimum atomic E-state index is -0.0284. The molecule has 1 N–H and O–H groups in total. The molecule has 0 unspecified atom stereocenters. The van der Waals surface area contributed by atoms with Crippen LogP contribution in [0.3, 0.4) is 0 Å². The average Bonchev–Trinajstić information content (AvgIpc) is 2.81. The van der Waals surface area contributed by atoms with Gasteiger partial charge < -0.3 is 10.2 Å². The molecule has 0 atom stereocenters. The molecule has 2 heterocycles. The van der Waals surface area contributed by atoms with Gasteiger partial charge in [0.1, 0.15) is 5.69 Å². The summed E-state index contributed by atoms with van der Waals surface area (Å²) in [6, 6.07) is 23.3. The predicted octanol–water partition coefficient (Wildman–Crippen LogP) is 3.65. The van der Waals surface area contributed by atoms with Crippen molar-refractivity contribution in [2.24, 2.45) is 0 Å². The van der Waals surface area contributed by atoms with Gasteiger partial charge in [0.25, 0.3) is 5.91 Å². The van der Waals surface area contributed by atoms with E-state index in [4.69, 9.17) is 5.26 Å². The third kappa shape index (κ3) is 4.83. The number of nitriles is 1. The second kappa shape index (κ2) is 9.21. The molecular weight excluding hydrogens is 374 g/mol. The molecule has 1 aliphatic rings. The number of amides is 1. The number of pyridine rings is 1. The van der Waals surface area contributed by atoms with E-state index in [2.05, 4.69) is 45.5 Å². The number of rotatable bonds is 5. The molecule has 3 aromatic rings. The first-order valence-corrected chi connectivity index (χ1v) is 10.00. The van der Waals surface area contributed by atoms with Crippen LogP contribution < -0.4 is 5.32 Å². The van der Waals surface area contributed by atoms with Crippen LogP contribution >= 0.6 is 0 Å². The molecule has 0 spiro atoms. The van der Waals surface area contributed by atoms with Gasteiger partial charge in [-0.15, -0.1) is 0 Å². The van der Waals surface area contributed by atoms with Crippen molar-refractivity contribution < 1.29 is 4.79 Å². The number of aromatic nitrogens is 1. The SMILES string of the molecule is N#Cc1ccc(Nc2ccc(C(=O)N3CCN(Cc4ccccc4)CC3)nc2)cc1. The Balaban J connectivity index is 1.31. The molecule has 2 aromatic carbocycles. The molecule has 1 saturated heterocycles. The van der Waals surface area contributed by atoms with Gasteiger partial charge in [-0.3, -0.25) is 9.69 Å². The summed E-state index contributed by atoms with van der Waals surface area (Å²) in [5, 5.41) is 12.1. The van der Waals surface area contributed by atoms with Gasteiger partial charge in [0.05, 0.1) is 23.5 Å². The fourth-order valence-corrected chi connectivity index (χ4v) is 3.50. The zero-order valence-electron chi connectivity index (χ0n) is 16.7. The van der Waals surface area contributed by atoms with Crippen LogP contribution in [0.15, 0.2) is 72.9 Å². The number of hydrogen-bond acceptors (Lipinski definition) is 5. The second-order valence-electron chi connectivity index (χ2n) is 7.30. The minimum Gasteiger partial charge on any atom is -0.354 e. The molecule has 0 aliphatic carbocycles. The second-order valence-corrected chi connectivity index (χ2v) is 7.30. The quantitative estimate of drug-likeness (QED) is 0.711. The van der Waals surface area contributed by atoms with Crippen LogP contribution in [-0.2, 0) is 6.54 Å². The maximum Gasteiger partial charge on any atom is 0.272 e. The predicted molar refractivity (Wildman–Crippen MR) is 116 cm³/mol. The van der Waals surface area contributed by atoms with Crippen molar-refractivity contribution in [3.05, 3.63) is 89.7 Å². The van der Waals surface area contributed by atoms with Gasteiger partial charge in [-0.25, -0.2) is 4.98 Å². The van der Waals surface area contributed by atoms with Crippen LogP contribution in [0.1, 0.15) is 21.6 Å². The van der Waals surface area contributed by atoms with Crippen LogP contribution in [0.4, 0.5) is 11.4 Å². The molecule has 1 aliphatic heterocycles. The van der Waals surface area contributed by atoms with Crippen molar-refractivity contribution in [2.75, 3.05) is 31.5 Å². The molecule has 0 saturated carbocycles. The van der Waals surface area contributed by atoms with E-state index in [1.165, 1.54) is 5.56 Å². The highest BCUT2D eigenvalue weighted by molar-refractivity contribution is 5.92. The fourth-order valence-electron chi connectivity index (χ4n) is 3.50. The van der Waals surface area contributed by atoms with Crippen molar-refractivity contribution in [3.63, 3.8) is 0 Å².